The molecule has 0 aliphatic heterocycles. The molecule has 0 spiro atoms. The zero-order valence-corrected chi connectivity index (χ0v) is 13.8. The second-order valence-electron chi connectivity index (χ2n) is 5.25. The zero-order valence-electron chi connectivity index (χ0n) is 12.2. The van der Waals surface area contributed by atoms with E-state index in [1.54, 1.807) is 23.5 Å². The van der Waals surface area contributed by atoms with Crippen molar-refractivity contribution in [3.05, 3.63) is 57.5 Å². The van der Waals surface area contributed by atoms with Crippen molar-refractivity contribution in [3.8, 4) is 0 Å². The third kappa shape index (κ3) is 4.33. The van der Waals surface area contributed by atoms with Crippen LogP contribution in [-0.4, -0.2) is 15.9 Å². The van der Waals surface area contributed by atoms with Crippen LogP contribution in [0.25, 0.3) is 0 Å². The van der Waals surface area contributed by atoms with E-state index in [-0.39, 0.29) is 5.82 Å². The van der Waals surface area contributed by atoms with Crippen LogP contribution < -0.4 is 5.73 Å². The monoisotopic (exact) mass is 322 g/mol. The van der Waals surface area contributed by atoms with Crippen LogP contribution in [0.1, 0.15) is 29.9 Å². The standard InChI is InChI=1S/C16H19FN2S2/c1-11(2)19(10-14-4-3-7-21-14)9-13-8-12(16(18)20)5-6-15(13)17/h3-8,11H,9-10H2,1-2H3,(H2,18,20). The van der Waals surface area contributed by atoms with Gasteiger partial charge >= 0.3 is 0 Å². The van der Waals surface area contributed by atoms with Crippen LogP contribution in [0, 0.1) is 5.82 Å². The van der Waals surface area contributed by atoms with Crippen molar-refractivity contribution in [3.63, 3.8) is 0 Å². The lowest BCUT2D eigenvalue weighted by Crippen LogP contribution is -2.30. The Kier molecular flexibility index (Phi) is 5.45. The van der Waals surface area contributed by atoms with Gasteiger partial charge in [-0.2, -0.15) is 0 Å². The van der Waals surface area contributed by atoms with E-state index in [9.17, 15) is 4.39 Å². The summed E-state index contributed by atoms with van der Waals surface area (Å²) in [5.41, 5.74) is 6.97. The summed E-state index contributed by atoms with van der Waals surface area (Å²) in [4.78, 5) is 3.80. The minimum atomic E-state index is -0.216. The summed E-state index contributed by atoms with van der Waals surface area (Å²) in [5, 5.41) is 2.06. The molecule has 2 nitrogen and oxygen atoms in total. The van der Waals surface area contributed by atoms with Crippen molar-refractivity contribution in [2.24, 2.45) is 5.73 Å². The zero-order chi connectivity index (χ0) is 15.4. The summed E-state index contributed by atoms with van der Waals surface area (Å²) in [5.74, 6) is -0.216. The second kappa shape index (κ2) is 7.11. The highest BCUT2D eigenvalue weighted by Gasteiger charge is 2.14. The number of thiocarbonyl (C=S) groups is 1. The Balaban J connectivity index is 2.20. The van der Waals surface area contributed by atoms with Crippen molar-refractivity contribution in [1.82, 2.24) is 4.90 Å². The molecule has 2 rings (SSSR count). The maximum absolute atomic E-state index is 14.0. The van der Waals surface area contributed by atoms with E-state index < -0.39 is 0 Å². The second-order valence-corrected chi connectivity index (χ2v) is 6.72. The SMILES string of the molecule is CC(C)N(Cc1cccs1)Cc1cc(C(N)=S)ccc1F. The summed E-state index contributed by atoms with van der Waals surface area (Å²) in [6.45, 7) is 5.58. The number of hydrogen-bond donors (Lipinski definition) is 1. The first kappa shape index (κ1) is 16.1. The first-order valence-electron chi connectivity index (χ1n) is 6.82. The normalized spacial score (nSPS) is 11.3. The van der Waals surface area contributed by atoms with E-state index in [0.717, 1.165) is 6.54 Å². The van der Waals surface area contributed by atoms with Crippen molar-refractivity contribution in [2.45, 2.75) is 33.0 Å². The molecule has 0 atom stereocenters. The maximum Gasteiger partial charge on any atom is 0.127 e. The van der Waals surface area contributed by atoms with Crippen molar-refractivity contribution < 1.29 is 4.39 Å². The fraction of sp³-hybridized carbons (Fsp3) is 0.312. The fourth-order valence-electron chi connectivity index (χ4n) is 2.09. The topological polar surface area (TPSA) is 29.3 Å². The van der Waals surface area contributed by atoms with E-state index in [0.29, 0.717) is 28.7 Å². The summed E-state index contributed by atoms with van der Waals surface area (Å²) in [6.07, 6.45) is 0. The van der Waals surface area contributed by atoms with E-state index in [1.165, 1.54) is 10.9 Å². The van der Waals surface area contributed by atoms with E-state index in [4.69, 9.17) is 18.0 Å². The smallest absolute Gasteiger partial charge is 0.127 e. The van der Waals surface area contributed by atoms with Gasteiger partial charge in [0.05, 0.1) is 0 Å². The third-order valence-electron chi connectivity index (χ3n) is 3.37. The minimum Gasteiger partial charge on any atom is -0.389 e. The average Bonchev–Trinajstić information content (AvgIpc) is 2.92. The van der Waals surface area contributed by atoms with E-state index in [2.05, 4.69) is 30.2 Å². The molecule has 5 heteroatoms. The van der Waals surface area contributed by atoms with Crippen LogP contribution in [0.4, 0.5) is 4.39 Å². The van der Waals surface area contributed by atoms with Crippen LogP contribution in [0.5, 0.6) is 0 Å². The molecule has 0 bridgehead atoms. The van der Waals surface area contributed by atoms with Gasteiger partial charge < -0.3 is 5.73 Å². The molecular weight excluding hydrogens is 303 g/mol. The van der Waals surface area contributed by atoms with Crippen LogP contribution in [0.2, 0.25) is 0 Å². The average molecular weight is 322 g/mol. The molecular formula is C16H19FN2S2. The lowest BCUT2D eigenvalue weighted by atomic mass is 10.1. The van der Waals surface area contributed by atoms with Gasteiger partial charge in [0.1, 0.15) is 10.8 Å². The molecule has 112 valence electrons. The van der Waals surface area contributed by atoms with Gasteiger partial charge in [-0.15, -0.1) is 11.3 Å². The van der Waals surface area contributed by atoms with Crippen molar-refractivity contribution in [2.75, 3.05) is 0 Å². The molecule has 2 N–H and O–H groups in total. The van der Waals surface area contributed by atoms with Crippen molar-refractivity contribution in [1.29, 1.82) is 0 Å². The van der Waals surface area contributed by atoms with E-state index >= 15 is 0 Å². The third-order valence-corrected chi connectivity index (χ3v) is 4.47. The van der Waals surface area contributed by atoms with Crippen LogP contribution in [0.15, 0.2) is 35.7 Å². The Bertz CT molecular complexity index is 609. The number of nitrogens with zero attached hydrogens (tertiary/aromatic N) is 1. The summed E-state index contributed by atoms with van der Waals surface area (Å²) < 4.78 is 14.0. The number of hydrogen-bond acceptors (Lipinski definition) is 3. The van der Waals surface area contributed by atoms with Crippen LogP contribution in [0.3, 0.4) is 0 Å². The van der Waals surface area contributed by atoms with E-state index in [1.807, 2.05) is 6.07 Å². The Hall–Kier alpha value is -1.30. The number of nitrogens with two attached hydrogens (primary N) is 1. The molecule has 0 aliphatic carbocycles. The number of thiophene rings is 1. The van der Waals surface area contributed by atoms with Crippen LogP contribution in [-0.2, 0) is 13.1 Å². The summed E-state index contributed by atoms with van der Waals surface area (Å²) in [6, 6.07) is 9.27. The van der Waals surface area contributed by atoms with Gasteiger partial charge in [0, 0.05) is 35.1 Å². The Morgan fingerprint density at radius 3 is 2.67 bits per heavy atom. The molecule has 1 aromatic heterocycles. The first-order chi connectivity index (χ1) is 9.97. The van der Waals surface area contributed by atoms with Crippen molar-refractivity contribution >= 4 is 28.5 Å². The molecule has 21 heavy (non-hydrogen) atoms. The Morgan fingerprint density at radius 1 is 1.33 bits per heavy atom. The lowest BCUT2D eigenvalue weighted by molar-refractivity contribution is 0.203. The molecule has 0 saturated heterocycles. The molecule has 2 aromatic rings. The van der Waals surface area contributed by atoms with Gasteiger partial charge in [-0.1, -0.05) is 18.3 Å². The minimum absolute atomic E-state index is 0.216. The van der Waals surface area contributed by atoms with Crippen LogP contribution >= 0.6 is 23.6 Å². The van der Waals surface area contributed by atoms with Gasteiger partial charge in [0.15, 0.2) is 0 Å². The highest BCUT2D eigenvalue weighted by molar-refractivity contribution is 7.80. The number of benzene rings is 1. The summed E-state index contributed by atoms with van der Waals surface area (Å²) >= 11 is 6.68. The fourth-order valence-corrected chi connectivity index (χ4v) is 2.95. The number of rotatable bonds is 6. The lowest BCUT2D eigenvalue weighted by Gasteiger charge is -2.26. The molecule has 0 aliphatic rings. The molecule has 1 aromatic carbocycles. The van der Waals surface area contributed by atoms with Gasteiger partial charge in [0.25, 0.3) is 0 Å². The molecule has 1 heterocycles. The molecule has 0 radical (unpaired) electrons. The van der Waals surface area contributed by atoms with Gasteiger partial charge in [0.2, 0.25) is 0 Å². The molecule has 0 amide bonds. The highest BCUT2D eigenvalue weighted by Crippen LogP contribution is 2.19. The highest BCUT2D eigenvalue weighted by atomic mass is 32.1. The molecule has 0 unspecified atom stereocenters. The largest absolute Gasteiger partial charge is 0.389 e. The molecule has 0 saturated carbocycles. The van der Waals surface area contributed by atoms with Gasteiger partial charge in [-0.05, 0) is 43.5 Å². The van der Waals surface area contributed by atoms with Gasteiger partial charge in [-0.3, -0.25) is 4.90 Å². The predicted molar refractivity (Wildman–Crippen MR) is 91.0 cm³/mol. The van der Waals surface area contributed by atoms with Gasteiger partial charge in [-0.25, -0.2) is 4.39 Å². The Morgan fingerprint density at radius 2 is 2.10 bits per heavy atom. The maximum atomic E-state index is 14.0. The predicted octanol–water partition coefficient (Wildman–Crippen LogP) is 3.93. The molecule has 0 fully saturated rings. The number of halogens is 1. The quantitative estimate of drug-likeness (QED) is 0.817. The Labute approximate surface area is 134 Å². The first-order valence-corrected chi connectivity index (χ1v) is 8.11. The summed E-state index contributed by atoms with van der Waals surface area (Å²) in [7, 11) is 0.